The summed E-state index contributed by atoms with van der Waals surface area (Å²) in [5, 5.41) is 13.8. The molecule has 0 radical (unpaired) electrons. The van der Waals surface area contributed by atoms with Crippen molar-refractivity contribution in [3.05, 3.63) is 45.4 Å². The second-order valence-corrected chi connectivity index (χ2v) is 5.49. The third kappa shape index (κ3) is 2.51. The fourth-order valence-corrected chi connectivity index (χ4v) is 2.52. The molecule has 0 saturated heterocycles. The Morgan fingerprint density at radius 1 is 1.25 bits per heavy atom. The van der Waals surface area contributed by atoms with Crippen molar-refractivity contribution in [3.63, 3.8) is 0 Å². The number of phenolic OH excluding ortho intramolecular Hbond substituents is 1. The van der Waals surface area contributed by atoms with E-state index in [1.165, 1.54) is 0 Å². The van der Waals surface area contributed by atoms with Gasteiger partial charge in [0.15, 0.2) is 11.5 Å². The van der Waals surface area contributed by atoms with Gasteiger partial charge < -0.3 is 19.9 Å². The summed E-state index contributed by atoms with van der Waals surface area (Å²) in [6.07, 6.45) is 0. The summed E-state index contributed by atoms with van der Waals surface area (Å²) >= 11 is 9.45. The first-order valence-electron chi connectivity index (χ1n) is 5.94. The van der Waals surface area contributed by atoms with E-state index in [0.717, 1.165) is 15.7 Å². The fourth-order valence-electron chi connectivity index (χ4n) is 1.95. The van der Waals surface area contributed by atoms with Gasteiger partial charge in [0.05, 0.1) is 15.2 Å². The van der Waals surface area contributed by atoms with Crippen LogP contribution in [0.5, 0.6) is 17.2 Å². The van der Waals surface area contributed by atoms with Crippen LogP contribution in [0.4, 0.5) is 5.69 Å². The van der Waals surface area contributed by atoms with Gasteiger partial charge in [-0.2, -0.15) is 0 Å². The van der Waals surface area contributed by atoms with Gasteiger partial charge in [-0.15, -0.1) is 0 Å². The molecule has 3 rings (SSSR count). The fraction of sp³-hybridized carbons (Fsp3) is 0.143. The van der Waals surface area contributed by atoms with Crippen molar-refractivity contribution in [1.82, 2.24) is 0 Å². The second-order valence-electron chi connectivity index (χ2n) is 4.29. The normalized spacial score (nSPS) is 12.5. The van der Waals surface area contributed by atoms with Crippen LogP contribution in [0, 0.1) is 0 Å². The van der Waals surface area contributed by atoms with Gasteiger partial charge in [-0.1, -0.05) is 17.7 Å². The number of phenols is 1. The zero-order chi connectivity index (χ0) is 14.1. The van der Waals surface area contributed by atoms with Crippen molar-refractivity contribution >= 4 is 33.2 Å². The highest BCUT2D eigenvalue weighted by molar-refractivity contribution is 9.10. The van der Waals surface area contributed by atoms with Crippen LogP contribution < -0.4 is 14.8 Å². The number of anilines is 1. The van der Waals surface area contributed by atoms with E-state index < -0.39 is 0 Å². The van der Waals surface area contributed by atoms with Gasteiger partial charge in [-0.25, -0.2) is 0 Å². The molecule has 2 N–H and O–H groups in total. The van der Waals surface area contributed by atoms with Crippen molar-refractivity contribution in [2.45, 2.75) is 6.54 Å². The SMILES string of the molecule is Oc1cc2c(cc1CNc1cccc(Cl)c1Br)OCO2. The number of nitrogens with one attached hydrogen (secondary N) is 1. The minimum absolute atomic E-state index is 0.167. The third-order valence-corrected chi connectivity index (χ3v) is 4.39. The maximum absolute atomic E-state index is 9.96. The number of rotatable bonds is 3. The Kier molecular flexibility index (Phi) is 3.63. The average Bonchev–Trinajstić information content (AvgIpc) is 2.87. The van der Waals surface area contributed by atoms with E-state index in [0.29, 0.717) is 23.1 Å². The van der Waals surface area contributed by atoms with Crippen LogP contribution in [0.25, 0.3) is 0 Å². The summed E-state index contributed by atoms with van der Waals surface area (Å²) in [6.45, 7) is 0.632. The van der Waals surface area contributed by atoms with E-state index in [9.17, 15) is 5.11 Å². The van der Waals surface area contributed by atoms with E-state index >= 15 is 0 Å². The molecule has 0 aromatic heterocycles. The lowest BCUT2D eigenvalue weighted by Crippen LogP contribution is -2.00. The standard InChI is InChI=1S/C14H11BrClNO3/c15-14-9(16)2-1-3-10(14)17-6-8-4-12-13(5-11(8)18)20-7-19-12/h1-5,17-18H,6-7H2. The summed E-state index contributed by atoms with van der Waals surface area (Å²) in [7, 11) is 0. The molecule has 1 aliphatic rings. The zero-order valence-corrected chi connectivity index (χ0v) is 12.7. The summed E-state index contributed by atoms with van der Waals surface area (Å²) in [5.41, 5.74) is 1.58. The van der Waals surface area contributed by atoms with Crippen LogP contribution in [0.1, 0.15) is 5.56 Å². The number of hydrogen-bond donors (Lipinski definition) is 2. The van der Waals surface area contributed by atoms with E-state index in [-0.39, 0.29) is 12.5 Å². The number of fused-ring (bicyclic) bond motifs is 1. The summed E-state index contributed by atoms with van der Waals surface area (Å²) in [5.74, 6) is 1.37. The Hall–Kier alpha value is -1.59. The Bertz CT molecular complexity index is 663. The minimum atomic E-state index is 0.167. The van der Waals surface area contributed by atoms with Crippen molar-refractivity contribution in [3.8, 4) is 17.2 Å². The predicted molar refractivity (Wildman–Crippen MR) is 80.7 cm³/mol. The summed E-state index contributed by atoms with van der Waals surface area (Å²) in [4.78, 5) is 0. The van der Waals surface area contributed by atoms with Crippen molar-refractivity contribution in [2.75, 3.05) is 12.1 Å². The predicted octanol–water partition coefficient (Wildman–Crippen LogP) is 4.15. The smallest absolute Gasteiger partial charge is 0.231 e. The first-order chi connectivity index (χ1) is 9.65. The molecule has 2 aromatic carbocycles. The molecule has 0 unspecified atom stereocenters. The molecule has 6 heteroatoms. The quantitative estimate of drug-likeness (QED) is 0.867. The van der Waals surface area contributed by atoms with Crippen LogP contribution in [0.2, 0.25) is 5.02 Å². The largest absolute Gasteiger partial charge is 0.507 e. The number of hydrogen-bond acceptors (Lipinski definition) is 4. The Labute approximate surface area is 129 Å². The van der Waals surface area contributed by atoms with Gasteiger partial charge in [0.1, 0.15) is 5.75 Å². The van der Waals surface area contributed by atoms with Gasteiger partial charge in [0.25, 0.3) is 0 Å². The molecular weight excluding hydrogens is 346 g/mol. The van der Waals surface area contributed by atoms with Gasteiger partial charge in [-0.3, -0.25) is 0 Å². The van der Waals surface area contributed by atoms with Gasteiger partial charge in [0, 0.05) is 18.2 Å². The van der Waals surface area contributed by atoms with Crippen molar-refractivity contribution < 1.29 is 14.6 Å². The average molecular weight is 357 g/mol. The molecule has 20 heavy (non-hydrogen) atoms. The van der Waals surface area contributed by atoms with E-state index in [1.807, 2.05) is 12.1 Å². The molecule has 0 aliphatic carbocycles. The minimum Gasteiger partial charge on any atom is -0.507 e. The molecule has 0 amide bonds. The lowest BCUT2D eigenvalue weighted by Gasteiger charge is -2.11. The zero-order valence-electron chi connectivity index (χ0n) is 10.3. The van der Waals surface area contributed by atoms with Crippen LogP contribution >= 0.6 is 27.5 Å². The number of benzene rings is 2. The lowest BCUT2D eigenvalue weighted by molar-refractivity contribution is 0.174. The van der Waals surface area contributed by atoms with E-state index in [1.54, 1.807) is 18.2 Å². The number of halogens is 2. The van der Waals surface area contributed by atoms with Gasteiger partial charge in [-0.05, 0) is 34.1 Å². The molecule has 0 bridgehead atoms. The Morgan fingerprint density at radius 3 is 2.80 bits per heavy atom. The van der Waals surface area contributed by atoms with E-state index in [2.05, 4.69) is 21.2 Å². The Balaban J connectivity index is 1.80. The van der Waals surface area contributed by atoms with Crippen LogP contribution in [0.15, 0.2) is 34.8 Å². The maximum Gasteiger partial charge on any atom is 0.231 e. The highest BCUT2D eigenvalue weighted by Gasteiger charge is 2.17. The molecule has 104 valence electrons. The molecule has 0 saturated carbocycles. The molecule has 1 aliphatic heterocycles. The van der Waals surface area contributed by atoms with Crippen LogP contribution in [0.3, 0.4) is 0 Å². The highest BCUT2D eigenvalue weighted by Crippen LogP contribution is 2.38. The van der Waals surface area contributed by atoms with Crippen molar-refractivity contribution in [1.29, 1.82) is 0 Å². The monoisotopic (exact) mass is 355 g/mol. The van der Waals surface area contributed by atoms with E-state index in [4.69, 9.17) is 21.1 Å². The molecule has 2 aromatic rings. The molecule has 0 spiro atoms. The van der Waals surface area contributed by atoms with Crippen LogP contribution in [-0.2, 0) is 6.54 Å². The number of ether oxygens (including phenoxy) is 2. The first kappa shape index (κ1) is 13.4. The van der Waals surface area contributed by atoms with Gasteiger partial charge in [0.2, 0.25) is 6.79 Å². The van der Waals surface area contributed by atoms with Gasteiger partial charge >= 0.3 is 0 Å². The molecule has 4 nitrogen and oxygen atoms in total. The first-order valence-corrected chi connectivity index (χ1v) is 7.11. The molecule has 0 atom stereocenters. The molecule has 1 heterocycles. The lowest BCUT2D eigenvalue weighted by atomic mass is 10.1. The highest BCUT2D eigenvalue weighted by atomic mass is 79.9. The van der Waals surface area contributed by atoms with Crippen LogP contribution in [-0.4, -0.2) is 11.9 Å². The Morgan fingerprint density at radius 2 is 2.00 bits per heavy atom. The third-order valence-electron chi connectivity index (χ3n) is 2.99. The molecule has 0 fully saturated rings. The summed E-state index contributed by atoms with van der Waals surface area (Å²) < 4.78 is 11.3. The topological polar surface area (TPSA) is 50.7 Å². The molecular formula is C14H11BrClNO3. The summed E-state index contributed by atoms with van der Waals surface area (Å²) in [6, 6.07) is 8.89. The maximum atomic E-state index is 9.96. The second kappa shape index (κ2) is 5.42. The van der Waals surface area contributed by atoms with Crippen molar-refractivity contribution in [2.24, 2.45) is 0 Å². The number of aromatic hydroxyl groups is 1.